The van der Waals surface area contributed by atoms with E-state index in [0.29, 0.717) is 0 Å². The molecule has 1 aliphatic rings. The molecule has 128 valence electrons. The molecule has 2 heterocycles. The van der Waals surface area contributed by atoms with Gasteiger partial charge in [-0.1, -0.05) is 0 Å². The molecule has 1 N–H and O–H groups in total. The van der Waals surface area contributed by atoms with Crippen LogP contribution in [-0.4, -0.2) is 48.6 Å². The molecule has 1 aromatic heterocycles. The first-order chi connectivity index (χ1) is 10.5. The summed E-state index contributed by atoms with van der Waals surface area (Å²) < 4.78 is 77.9. The lowest BCUT2D eigenvalue weighted by molar-refractivity contribution is -0.332. The Balaban J connectivity index is 2.26. The summed E-state index contributed by atoms with van der Waals surface area (Å²) in [5.41, 5.74) is -3.88. The van der Waals surface area contributed by atoms with Gasteiger partial charge in [-0.25, -0.2) is 0 Å². The number of carbonyl (C=O) groups is 1. The van der Waals surface area contributed by atoms with Crippen molar-refractivity contribution in [2.75, 3.05) is 25.0 Å². The second-order valence-corrected chi connectivity index (χ2v) is 5.11. The van der Waals surface area contributed by atoms with E-state index in [1.54, 1.807) is 0 Å². The first-order valence-electron chi connectivity index (χ1n) is 6.46. The number of rotatable bonds is 2. The second kappa shape index (κ2) is 5.53. The third kappa shape index (κ3) is 2.91. The van der Waals surface area contributed by atoms with Crippen LogP contribution >= 0.6 is 0 Å². The summed E-state index contributed by atoms with van der Waals surface area (Å²) in [5, 5.41) is 9.31. The molecule has 5 nitrogen and oxygen atoms in total. The predicted molar refractivity (Wildman–Crippen MR) is 66.8 cm³/mol. The Morgan fingerprint density at radius 3 is 2.17 bits per heavy atom. The Morgan fingerprint density at radius 1 is 1.17 bits per heavy atom. The number of amides is 1. The standard InChI is InChI=1S/C12H12F6N4O/c1-19-9(23)7-2-3-8(21-20-7)22-5-4-10(6-22,11(13,14)15)12(16,17)18/h2-3H,4-6H2,1H3,(H,19,23). The van der Waals surface area contributed by atoms with Crippen molar-refractivity contribution >= 4 is 11.7 Å². The topological polar surface area (TPSA) is 58.1 Å². The highest BCUT2D eigenvalue weighted by molar-refractivity contribution is 5.91. The fourth-order valence-electron chi connectivity index (χ4n) is 2.37. The summed E-state index contributed by atoms with van der Waals surface area (Å²) in [4.78, 5) is 12.2. The van der Waals surface area contributed by atoms with Gasteiger partial charge in [-0.3, -0.25) is 4.79 Å². The molecule has 0 bridgehead atoms. The highest BCUT2D eigenvalue weighted by Crippen LogP contribution is 2.55. The lowest BCUT2D eigenvalue weighted by Gasteiger charge is -2.33. The minimum absolute atomic E-state index is 0.0895. The van der Waals surface area contributed by atoms with E-state index in [4.69, 9.17) is 0 Å². The summed E-state index contributed by atoms with van der Waals surface area (Å²) in [5.74, 6) is -0.710. The lowest BCUT2D eigenvalue weighted by atomic mass is 9.85. The number of hydrogen-bond acceptors (Lipinski definition) is 4. The van der Waals surface area contributed by atoms with Crippen molar-refractivity contribution in [2.45, 2.75) is 18.8 Å². The predicted octanol–water partition coefficient (Wildman–Crippen LogP) is 2.16. The normalized spacial score (nSPS) is 18.1. The molecule has 0 saturated carbocycles. The Kier molecular flexibility index (Phi) is 4.16. The summed E-state index contributed by atoms with van der Waals surface area (Å²) in [6, 6.07) is 2.35. The van der Waals surface area contributed by atoms with Crippen LogP contribution in [0.4, 0.5) is 32.2 Å². The largest absolute Gasteiger partial charge is 0.404 e. The Labute approximate surface area is 126 Å². The van der Waals surface area contributed by atoms with Gasteiger partial charge in [-0.05, 0) is 18.6 Å². The number of carbonyl (C=O) groups excluding carboxylic acids is 1. The second-order valence-electron chi connectivity index (χ2n) is 5.11. The van der Waals surface area contributed by atoms with Crippen LogP contribution in [0.15, 0.2) is 12.1 Å². The Hall–Kier alpha value is -2.07. The molecule has 11 heteroatoms. The molecular formula is C12H12F6N4O. The SMILES string of the molecule is CNC(=O)c1ccc(N2CCC(C(F)(F)F)(C(F)(F)F)C2)nn1. The first-order valence-corrected chi connectivity index (χ1v) is 6.46. The molecule has 1 amide bonds. The number of hydrogen-bond donors (Lipinski definition) is 1. The van der Waals surface area contributed by atoms with Crippen molar-refractivity contribution in [2.24, 2.45) is 5.41 Å². The maximum absolute atomic E-state index is 13.0. The van der Waals surface area contributed by atoms with Crippen LogP contribution in [0.2, 0.25) is 0 Å². The third-order valence-electron chi connectivity index (χ3n) is 3.79. The number of halogens is 6. The van der Waals surface area contributed by atoms with Crippen LogP contribution < -0.4 is 10.2 Å². The minimum atomic E-state index is -5.42. The zero-order valence-corrected chi connectivity index (χ0v) is 11.8. The van der Waals surface area contributed by atoms with Crippen LogP contribution in [0.1, 0.15) is 16.9 Å². The van der Waals surface area contributed by atoms with E-state index in [2.05, 4.69) is 15.5 Å². The smallest absolute Gasteiger partial charge is 0.354 e. The summed E-state index contributed by atoms with van der Waals surface area (Å²) >= 11 is 0. The average Bonchev–Trinajstić information content (AvgIpc) is 2.92. The monoisotopic (exact) mass is 342 g/mol. The molecule has 1 saturated heterocycles. The highest BCUT2D eigenvalue weighted by Gasteiger charge is 2.72. The lowest BCUT2D eigenvalue weighted by Crippen LogP contribution is -2.51. The zero-order valence-electron chi connectivity index (χ0n) is 11.8. The molecule has 0 aromatic carbocycles. The average molecular weight is 342 g/mol. The van der Waals surface area contributed by atoms with E-state index in [0.717, 1.165) is 4.90 Å². The van der Waals surface area contributed by atoms with E-state index in [9.17, 15) is 31.1 Å². The minimum Gasteiger partial charge on any atom is -0.354 e. The van der Waals surface area contributed by atoms with E-state index in [-0.39, 0.29) is 11.5 Å². The van der Waals surface area contributed by atoms with E-state index >= 15 is 0 Å². The molecule has 0 radical (unpaired) electrons. The van der Waals surface area contributed by atoms with Gasteiger partial charge in [0, 0.05) is 20.1 Å². The van der Waals surface area contributed by atoms with Gasteiger partial charge in [-0.2, -0.15) is 26.3 Å². The summed E-state index contributed by atoms with van der Waals surface area (Å²) in [6.45, 7) is -1.75. The van der Waals surface area contributed by atoms with Crippen molar-refractivity contribution in [1.82, 2.24) is 15.5 Å². The molecule has 0 aliphatic carbocycles. The molecular weight excluding hydrogens is 330 g/mol. The van der Waals surface area contributed by atoms with Gasteiger partial charge in [0.2, 0.25) is 0 Å². The Morgan fingerprint density at radius 2 is 1.78 bits per heavy atom. The number of nitrogens with one attached hydrogen (secondary N) is 1. The number of anilines is 1. The summed E-state index contributed by atoms with van der Waals surface area (Å²) in [6.07, 6.45) is -12.0. The van der Waals surface area contributed by atoms with Crippen molar-refractivity contribution in [3.05, 3.63) is 17.8 Å². The number of aromatic nitrogens is 2. The van der Waals surface area contributed by atoms with Crippen molar-refractivity contribution < 1.29 is 31.1 Å². The fourth-order valence-corrected chi connectivity index (χ4v) is 2.37. The van der Waals surface area contributed by atoms with Gasteiger partial charge in [0.25, 0.3) is 5.91 Å². The highest BCUT2D eigenvalue weighted by atomic mass is 19.4. The molecule has 0 atom stereocenters. The molecule has 23 heavy (non-hydrogen) atoms. The van der Waals surface area contributed by atoms with Crippen molar-refractivity contribution in [1.29, 1.82) is 0 Å². The third-order valence-corrected chi connectivity index (χ3v) is 3.79. The van der Waals surface area contributed by atoms with Crippen LogP contribution in [0, 0.1) is 5.41 Å². The van der Waals surface area contributed by atoms with Gasteiger partial charge >= 0.3 is 12.4 Å². The van der Waals surface area contributed by atoms with Crippen LogP contribution in [0.3, 0.4) is 0 Å². The van der Waals surface area contributed by atoms with E-state index in [1.165, 1.54) is 19.2 Å². The van der Waals surface area contributed by atoms with E-state index < -0.39 is 43.2 Å². The number of alkyl halides is 6. The van der Waals surface area contributed by atoms with E-state index in [1.807, 2.05) is 0 Å². The molecule has 0 spiro atoms. The number of nitrogens with zero attached hydrogens (tertiary/aromatic N) is 3. The first kappa shape index (κ1) is 17.3. The van der Waals surface area contributed by atoms with Gasteiger partial charge < -0.3 is 10.2 Å². The van der Waals surface area contributed by atoms with Crippen molar-refractivity contribution in [3.63, 3.8) is 0 Å². The molecule has 1 fully saturated rings. The van der Waals surface area contributed by atoms with Crippen molar-refractivity contribution in [3.8, 4) is 0 Å². The van der Waals surface area contributed by atoms with Gasteiger partial charge in [0.1, 0.15) is 0 Å². The van der Waals surface area contributed by atoms with Gasteiger partial charge in [-0.15, -0.1) is 10.2 Å². The van der Waals surface area contributed by atoms with Crippen LogP contribution in [0.5, 0.6) is 0 Å². The maximum Gasteiger partial charge on any atom is 0.404 e. The van der Waals surface area contributed by atoms with Crippen LogP contribution in [0.25, 0.3) is 0 Å². The summed E-state index contributed by atoms with van der Waals surface area (Å²) in [7, 11) is 1.35. The Bertz CT molecular complexity index is 569. The fraction of sp³-hybridized carbons (Fsp3) is 0.583. The zero-order chi connectivity index (χ0) is 17.5. The maximum atomic E-state index is 13.0. The molecule has 1 aliphatic heterocycles. The molecule has 1 aromatic rings. The van der Waals surface area contributed by atoms with Gasteiger partial charge in [0.15, 0.2) is 16.9 Å². The molecule has 0 unspecified atom stereocenters. The van der Waals surface area contributed by atoms with Crippen LogP contribution in [-0.2, 0) is 0 Å². The van der Waals surface area contributed by atoms with Gasteiger partial charge in [0.05, 0.1) is 0 Å². The molecule has 2 rings (SSSR count). The quantitative estimate of drug-likeness (QED) is 0.837.